The lowest BCUT2D eigenvalue weighted by atomic mass is 10.1. The average Bonchev–Trinajstić information content (AvgIpc) is 2.18. The van der Waals surface area contributed by atoms with Gasteiger partial charge in [0.1, 0.15) is 5.71 Å². The number of ether oxygens (including phenoxy) is 1. The summed E-state index contributed by atoms with van der Waals surface area (Å²) >= 11 is 0. The van der Waals surface area contributed by atoms with Gasteiger partial charge in [0.15, 0.2) is 0 Å². The molecule has 0 radical (unpaired) electrons. The van der Waals surface area contributed by atoms with E-state index in [-0.39, 0.29) is 36.6 Å². The molecule has 1 heterocycles. The van der Waals surface area contributed by atoms with Crippen molar-refractivity contribution in [1.29, 1.82) is 0 Å². The van der Waals surface area contributed by atoms with Crippen LogP contribution in [-0.4, -0.2) is 46.5 Å². The summed E-state index contributed by atoms with van der Waals surface area (Å²) in [7, 11) is 0. The molecule has 1 N–H and O–H groups in total. The van der Waals surface area contributed by atoms with Crippen LogP contribution < -0.4 is 0 Å². The Labute approximate surface area is 100 Å². The van der Waals surface area contributed by atoms with Gasteiger partial charge in [-0.05, 0) is 20.8 Å². The van der Waals surface area contributed by atoms with Crippen molar-refractivity contribution in [3.63, 3.8) is 0 Å². The molecule has 0 saturated heterocycles. The molecule has 96 valence electrons. The van der Waals surface area contributed by atoms with Crippen LogP contribution in [0.5, 0.6) is 0 Å². The Morgan fingerprint density at radius 1 is 1.47 bits per heavy atom. The second-order valence-corrected chi connectivity index (χ2v) is 4.83. The van der Waals surface area contributed by atoms with Crippen LogP contribution >= 0.6 is 0 Å². The fourth-order valence-corrected chi connectivity index (χ4v) is 1.37. The van der Waals surface area contributed by atoms with Gasteiger partial charge >= 0.3 is 5.97 Å². The van der Waals surface area contributed by atoms with E-state index >= 15 is 0 Å². The first kappa shape index (κ1) is 13.6. The van der Waals surface area contributed by atoms with Gasteiger partial charge in [0.25, 0.3) is 0 Å². The molecule has 0 bridgehead atoms. The molecular formula is C11H18N2O4. The van der Waals surface area contributed by atoms with Crippen LogP contribution in [0.1, 0.15) is 33.6 Å². The van der Waals surface area contributed by atoms with E-state index in [1.807, 2.05) is 20.8 Å². The molecule has 0 aromatic carbocycles. The van der Waals surface area contributed by atoms with Crippen LogP contribution in [0, 0.1) is 0 Å². The summed E-state index contributed by atoms with van der Waals surface area (Å²) < 4.78 is 5.47. The number of hydrazone groups is 1. The Bertz CT molecular complexity index is 344. The Morgan fingerprint density at radius 3 is 2.65 bits per heavy atom. The highest BCUT2D eigenvalue weighted by Gasteiger charge is 2.24. The molecule has 6 nitrogen and oxygen atoms in total. The minimum Gasteiger partial charge on any atom is -0.477 e. The normalized spacial score (nSPS) is 17.0. The van der Waals surface area contributed by atoms with Crippen LogP contribution in [0.25, 0.3) is 0 Å². The predicted octanol–water partition coefficient (Wildman–Crippen LogP) is 0.864. The summed E-state index contributed by atoms with van der Waals surface area (Å²) in [6, 6.07) is 0. The van der Waals surface area contributed by atoms with Gasteiger partial charge in [0.2, 0.25) is 5.91 Å². The van der Waals surface area contributed by atoms with Crippen LogP contribution in [0.15, 0.2) is 5.10 Å². The summed E-state index contributed by atoms with van der Waals surface area (Å²) in [5.74, 6) is -1.23. The van der Waals surface area contributed by atoms with Gasteiger partial charge in [-0.15, -0.1) is 0 Å². The third-order valence-electron chi connectivity index (χ3n) is 2.19. The standard InChI is InChI=1S/C11H18N2O4/c1-11(2,3)17-7-6-13-9(14)5-4-8(12-13)10(15)16/h4-7H2,1-3H3,(H,15,16). The highest BCUT2D eigenvalue weighted by atomic mass is 16.5. The SMILES string of the molecule is CC(C)(C)OCCN1N=C(C(=O)O)CCC1=O. The maximum absolute atomic E-state index is 11.5. The van der Waals surface area contributed by atoms with Gasteiger partial charge in [-0.1, -0.05) is 0 Å². The minimum absolute atomic E-state index is 0.0281. The third kappa shape index (κ3) is 4.52. The maximum Gasteiger partial charge on any atom is 0.352 e. The van der Waals surface area contributed by atoms with E-state index in [2.05, 4.69) is 5.10 Å². The fraction of sp³-hybridized carbons (Fsp3) is 0.727. The van der Waals surface area contributed by atoms with Gasteiger partial charge in [-0.3, -0.25) is 4.79 Å². The molecule has 6 heteroatoms. The van der Waals surface area contributed by atoms with Crippen molar-refractivity contribution in [2.45, 2.75) is 39.2 Å². The molecular weight excluding hydrogens is 224 g/mol. The number of amides is 1. The number of rotatable bonds is 4. The molecule has 0 aromatic rings. The van der Waals surface area contributed by atoms with Gasteiger partial charge in [0.05, 0.1) is 18.8 Å². The van der Waals surface area contributed by atoms with E-state index in [1.54, 1.807) is 0 Å². The molecule has 1 aliphatic heterocycles. The van der Waals surface area contributed by atoms with Crippen molar-refractivity contribution in [3.05, 3.63) is 0 Å². The molecule has 1 amide bonds. The van der Waals surface area contributed by atoms with Crippen LogP contribution in [0.4, 0.5) is 0 Å². The first-order valence-electron chi connectivity index (χ1n) is 5.55. The molecule has 17 heavy (non-hydrogen) atoms. The number of aliphatic carboxylic acids is 1. The van der Waals surface area contributed by atoms with E-state index in [1.165, 1.54) is 5.01 Å². The van der Waals surface area contributed by atoms with Crippen LogP contribution in [0.3, 0.4) is 0 Å². The molecule has 0 saturated carbocycles. The highest BCUT2D eigenvalue weighted by Crippen LogP contribution is 2.11. The number of carbonyl (C=O) groups excluding carboxylic acids is 1. The van der Waals surface area contributed by atoms with Crippen molar-refractivity contribution in [3.8, 4) is 0 Å². The summed E-state index contributed by atoms with van der Waals surface area (Å²) in [6.07, 6.45) is 0.394. The molecule has 1 rings (SSSR count). The first-order valence-corrected chi connectivity index (χ1v) is 5.55. The minimum atomic E-state index is -1.07. The van der Waals surface area contributed by atoms with E-state index in [9.17, 15) is 9.59 Å². The Hall–Kier alpha value is -1.43. The summed E-state index contributed by atoms with van der Waals surface area (Å²) in [5, 5.41) is 13.8. The van der Waals surface area contributed by atoms with E-state index in [0.717, 1.165) is 0 Å². The molecule has 0 atom stereocenters. The number of hydrogen-bond acceptors (Lipinski definition) is 4. The second-order valence-electron chi connectivity index (χ2n) is 4.83. The van der Waals surface area contributed by atoms with Gasteiger partial charge in [-0.25, -0.2) is 9.80 Å². The Balaban J connectivity index is 2.53. The lowest BCUT2D eigenvalue weighted by Gasteiger charge is -2.25. The van der Waals surface area contributed by atoms with Crippen molar-refractivity contribution >= 4 is 17.6 Å². The maximum atomic E-state index is 11.5. The Morgan fingerprint density at radius 2 is 2.12 bits per heavy atom. The lowest BCUT2D eigenvalue weighted by molar-refractivity contribution is -0.134. The molecule has 0 unspecified atom stereocenters. The van der Waals surface area contributed by atoms with Crippen molar-refractivity contribution in [1.82, 2.24) is 5.01 Å². The largest absolute Gasteiger partial charge is 0.477 e. The van der Waals surface area contributed by atoms with Crippen molar-refractivity contribution in [2.24, 2.45) is 5.10 Å². The summed E-state index contributed by atoms with van der Waals surface area (Å²) in [6.45, 7) is 6.36. The summed E-state index contributed by atoms with van der Waals surface area (Å²) in [5.41, 5.74) is -0.251. The van der Waals surface area contributed by atoms with Crippen molar-refractivity contribution in [2.75, 3.05) is 13.2 Å². The first-order chi connectivity index (χ1) is 7.79. The number of carbonyl (C=O) groups is 2. The molecule has 0 aliphatic carbocycles. The molecule has 0 spiro atoms. The number of nitrogens with zero attached hydrogens (tertiary/aromatic N) is 2. The zero-order valence-corrected chi connectivity index (χ0v) is 10.4. The van der Waals surface area contributed by atoms with Gasteiger partial charge < -0.3 is 9.84 Å². The number of carboxylic acid groups (broad SMARTS) is 1. The second kappa shape index (κ2) is 5.27. The van der Waals surface area contributed by atoms with Crippen LogP contribution in [-0.2, 0) is 14.3 Å². The van der Waals surface area contributed by atoms with E-state index < -0.39 is 5.97 Å². The quantitative estimate of drug-likeness (QED) is 0.793. The lowest BCUT2D eigenvalue weighted by Crippen LogP contribution is -2.37. The van der Waals surface area contributed by atoms with Crippen LogP contribution in [0.2, 0.25) is 0 Å². The zero-order valence-electron chi connectivity index (χ0n) is 10.4. The fourth-order valence-electron chi connectivity index (χ4n) is 1.37. The van der Waals surface area contributed by atoms with E-state index in [4.69, 9.17) is 9.84 Å². The molecule has 0 fully saturated rings. The Kier molecular flexibility index (Phi) is 4.22. The van der Waals surface area contributed by atoms with E-state index in [0.29, 0.717) is 6.61 Å². The van der Waals surface area contributed by atoms with Gasteiger partial charge in [0, 0.05) is 12.8 Å². The summed E-state index contributed by atoms with van der Waals surface area (Å²) in [4.78, 5) is 22.2. The topological polar surface area (TPSA) is 79.2 Å². The average molecular weight is 242 g/mol. The van der Waals surface area contributed by atoms with Gasteiger partial charge in [-0.2, -0.15) is 5.10 Å². The third-order valence-corrected chi connectivity index (χ3v) is 2.19. The van der Waals surface area contributed by atoms with Crippen molar-refractivity contribution < 1.29 is 19.4 Å². The number of carboxylic acids is 1. The zero-order chi connectivity index (χ0) is 13.1. The monoisotopic (exact) mass is 242 g/mol. The molecule has 0 aromatic heterocycles. The smallest absolute Gasteiger partial charge is 0.352 e. The number of hydrogen-bond donors (Lipinski definition) is 1. The molecule has 1 aliphatic rings. The highest BCUT2D eigenvalue weighted by molar-refractivity contribution is 6.36. The predicted molar refractivity (Wildman–Crippen MR) is 61.7 cm³/mol.